The third-order valence-electron chi connectivity index (χ3n) is 3.03. The number of aliphatic hydroxyl groups is 1. The van der Waals surface area contributed by atoms with Crippen molar-refractivity contribution in [3.63, 3.8) is 0 Å². The van der Waals surface area contributed by atoms with Crippen molar-refractivity contribution >= 4 is 23.3 Å². The summed E-state index contributed by atoms with van der Waals surface area (Å²) >= 11 is 1.32. The number of hydrogen-bond donors (Lipinski definition) is 3. The topological polar surface area (TPSA) is 103 Å². The highest BCUT2D eigenvalue weighted by molar-refractivity contribution is 7.09. The Morgan fingerprint density at radius 2 is 2.05 bits per heavy atom. The highest BCUT2D eigenvalue weighted by Gasteiger charge is 2.25. The summed E-state index contributed by atoms with van der Waals surface area (Å²) in [5.41, 5.74) is -0.369. The van der Waals surface area contributed by atoms with Gasteiger partial charge >= 0.3 is 12.0 Å². The maximum atomic E-state index is 12.0. The standard InChI is InChI=1S/C14H23N3O4S/c1-8(2)10(11(18)19)16-13(20)17(5)6-9-7-22-12(15-9)14(3,4)21/h7-8,10,21H,6H2,1-5H3,(H,16,20)(H,18,19). The van der Waals surface area contributed by atoms with Gasteiger partial charge in [0.1, 0.15) is 16.7 Å². The molecule has 0 aromatic carbocycles. The summed E-state index contributed by atoms with van der Waals surface area (Å²) in [4.78, 5) is 28.8. The van der Waals surface area contributed by atoms with E-state index >= 15 is 0 Å². The number of carbonyl (C=O) groups excluding carboxylic acids is 1. The summed E-state index contributed by atoms with van der Waals surface area (Å²) in [6.45, 7) is 6.99. The summed E-state index contributed by atoms with van der Waals surface area (Å²) in [5.74, 6) is -1.27. The molecule has 0 bridgehead atoms. The summed E-state index contributed by atoms with van der Waals surface area (Å²) in [6, 6.07) is -1.41. The van der Waals surface area contributed by atoms with Crippen LogP contribution in [-0.4, -0.2) is 45.2 Å². The molecule has 3 N–H and O–H groups in total. The first-order chi connectivity index (χ1) is 10.0. The maximum absolute atomic E-state index is 12.0. The number of thiazole rings is 1. The Morgan fingerprint density at radius 3 is 2.45 bits per heavy atom. The second-order valence-electron chi connectivity index (χ2n) is 6.07. The molecule has 0 saturated carbocycles. The summed E-state index contributed by atoms with van der Waals surface area (Å²) in [6.07, 6.45) is 0. The monoisotopic (exact) mass is 329 g/mol. The van der Waals surface area contributed by atoms with Crippen LogP contribution >= 0.6 is 11.3 Å². The fraction of sp³-hybridized carbons (Fsp3) is 0.643. The molecule has 0 fully saturated rings. The van der Waals surface area contributed by atoms with E-state index in [0.29, 0.717) is 10.7 Å². The van der Waals surface area contributed by atoms with Crippen molar-refractivity contribution in [2.75, 3.05) is 7.05 Å². The molecule has 22 heavy (non-hydrogen) atoms. The molecule has 7 nitrogen and oxygen atoms in total. The van der Waals surface area contributed by atoms with Gasteiger partial charge in [0.25, 0.3) is 0 Å². The molecule has 0 radical (unpaired) electrons. The third kappa shape index (κ3) is 4.96. The number of aromatic nitrogens is 1. The highest BCUT2D eigenvalue weighted by Crippen LogP contribution is 2.23. The van der Waals surface area contributed by atoms with Crippen LogP contribution in [-0.2, 0) is 16.9 Å². The predicted octanol–water partition coefficient (Wildman–Crippen LogP) is 1.62. The number of carboxylic acids is 1. The van der Waals surface area contributed by atoms with E-state index in [1.54, 1.807) is 40.1 Å². The molecule has 0 saturated heterocycles. The van der Waals surface area contributed by atoms with Crippen LogP contribution in [0.5, 0.6) is 0 Å². The van der Waals surface area contributed by atoms with Crippen molar-refractivity contribution in [3.8, 4) is 0 Å². The second-order valence-corrected chi connectivity index (χ2v) is 6.93. The number of rotatable bonds is 6. The Morgan fingerprint density at radius 1 is 1.45 bits per heavy atom. The Bertz CT molecular complexity index is 536. The molecule has 124 valence electrons. The number of amides is 2. The van der Waals surface area contributed by atoms with E-state index in [-0.39, 0.29) is 12.5 Å². The lowest BCUT2D eigenvalue weighted by Gasteiger charge is -2.22. The Kier molecular flexibility index (Phi) is 5.90. The van der Waals surface area contributed by atoms with Crippen LogP contribution in [0.25, 0.3) is 0 Å². The number of nitrogens with zero attached hydrogens (tertiary/aromatic N) is 2. The van der Waals surface area contributed by atoms with Crippen LogP contribution in [0, 0.1) is 5.92 Å². The predicted molar refractivity (Wildman–Crippen MR) is 83.6 cm³/mol. The normalized spacial score (nSPS) is 13.0. The van der Waals surface area contributed by atoms with Gasteiger partial charge in [0, 0.05) is 12.4 Å². The molecule has 0 aliphatic carbocycles. The van der Waals surface area contributed by atoms with Gasteiger partial charge in [-0.2, -0.15) is 0 Å². The fourth-order valence-corrected chi connectivity index (χ4v) is 2.57. The van der Waals surface area contributed by atoms with Gasteiger partial charge in [0.2, 0.25) is 0 Å². The molecule has 2 amide bonds. The molecule has 0 spiro atoms. The first-order valence-corrected chi connectivity index (χ1v) is 7.82. The number of carbonyl (C=O) groups is 2. The van der Waals surface area contributed by atoms with Crippen molar-refractivity contribution in [1.29, 1.82) is 0 Å². The molecule has 8 heteroatoms. The van der Waals surface area contributed by atoms with Crippen LogP contribution in [0.15, 0.2) is 5.38 Å². The van der Waals surface area contributed by atoms with E-state index in [1.807, 2.05) is 0 Å². The van der Waals surface area contributed by atoms with Crippen LogP contribution < -0.4 is 5.32 Å². The zero-order chi connectivity index (χ0) is 17.1. The molecule has 1 aromatic rings. The van der Waals surface area contributed by atoms with Crippen LogP contribution in [0.4, 0.5) is 4.79 Å². The Labute approximate surface area is 134 Å². The van der Waals surface area contributed by atoms with Gasteiger partial charge < -0.3 is 20.4 Å². The van der Waals surface area contributed by atoms with E-state index in [1.165, 1.54) is 16.2 Å². The molecule has 0 aliphatic heterocycles. The van der Waals surface area contributed by atoms with E-state index in [0.717, 1.165) is 0 Å². The summed E-state index contributed by atoms with van der Waals surface area (Å²) in [5, 5.41) is 23.8. The van der Waals surface area contributed by atoms with Gasteiger partial charge in [0.05, 0.1) is 12.2 Å². The molecular weight excluding hydrogens is 306 g/mol. The van der Waals surface area contributed by atoms with Crippen molar-refractivity contribution in [3.05, 3.63) is 16.1 Å². The van der Waals surface area contributed by atoms with Crippen molar-refractivity contribution < 1.29 is 19.8 Å². The molecule has 1 rings (SSSR count). The summed E-state index contributed by atoms with van der Waals surface area (Å²) < 4.78 is 0. The zero-order valence-corrected chi connectivity index (χ0v) is 14.3. The SMILES string of the molecule is CC(C)C(NC(=O)N(C)Cc1csc(C(C)(C)O)n1)C(=O)O. The first-order valence-electron chi connectivity index (χ1n) is 6.94. The average Bonchev–Trinajstić information content (AvgIpc) is 2.82. The van der Waals surface area contributed by atoms with Crippen LogP contribution in [0.2, 0.25) is 0 Å². The van der Waals surface area contributed by atoms with Gasteiger partial charge in [-0.3, -0.25) is 0 Å². The number of urea groups is 1. The van der Waals surface area contributed by atoms with Gasteiger partial charge in [-0.05, 0) is 19.8 Å². The number of aliphatic carboxylic acids is 1. The molecule has 1 unspecified atom stereocenters. The van der Waals surface area contributed by atoms with E-state index in [2.05, 4.69) is 10.3 Å². The highest BCUT2D eigenvalue weighted by atomic mass is 32.1. The van der Waals surface area contributed by atoms with E-state index < -0.39 is 23.6 Å². The Hall–Kier alpha value is -1.67. The maximum Gasteiger partial charge on any atom is 0.326 e. The zero-order valence-electron chi connectivity index (χ0n) is 13.5. The lowest BCUT2D eigenvalue weighted by molar-refractivity contribution is -0.140. The van der Waals surface area contributed by atoms with Crippen molar-refractivity contribution in [1.82, 2.24) is 15.2 Å². The molecule has 0 aliphatic rings. The van der Waals surface area contributed by atoms with E-state index in [4.69, 9.17) is 5.11 Å². The van der Waals surface area contributed by atoms with Crippen LogP contribution in [0.3, 0.4) is 0 Å². The van der Waals surface area contributed by atoms with E-state index in [9.17, 15) is 14.7 Å². The van der Waals surface area contributed by atoms with Gasteiger partial charge in [-0.1, -0.05) is 13.8 Å². The molecular formula is C14H23N3O4S. The minimum atomic E-state index is -1.06. The third-order valence-corrected chi connectivity index (χ3v) is 4.24. The molecule has 1 aromatic heterocycles. The quantitative estimate of drug-likeness (QED) is 0.736. The van der Waals surface area contributed by atoms with Gasteiger partial charge in [-0.15, -0.1) is 11.3 Å². The average molecular weight is 329 g/mol. The number of nitrogens with one attached hydrogen (secondary N) is 1. The van der Waals surface area contributed by atoms with Gasteiger partial charge in [-0.25, -0.2) is 14.6 Å². The number of hydrogen-bond acceptors (Lipinski definition) is 5. The fourth-order valence-electron chi connectivity index (χ4n) is 1.73. The second kappa shape index (κ2) is 7.06. The van der Waals surface area contributed by atoms with Crippen molar-refractivity contribution in [2.24, 2.45) is 5.92 Å². The largest absolute Gasteiger partial charge is 0.480 e. The molecule has 1 heterocycles. The minimum Gasteiger partial charge on any atom is -0.480 e. The molecule has 1 atom stereocenters. The van der Waals surface area contributed by atoms with Crippen LogP contribution in [0.1, 0.15) is 38.4 Å². The smallest absolute Gasteiger partial charge is 0.326 e. The summed E-state index contributed by atoms with van der Waals surface area (Å²) in [7, 11) is 1.57. The minimum absolute atomic E-state index is 0.212. The van der Waals surface area contributed by atoms with Gasteiger partial charge in [0.15, 0.2) is 0 Å². The van der Waals surface area contributed by atoms with Crippen molar-refractivity contribution in [2.45, 2.75) is 45.9 Å². The lowest BCUT2D eigenvalue weighted by Crippen LogP contribution is -2.48. The number of carboxylic acid groups (broad SMARTS) is 1. The Balaban J connectivity index is 2.68. The first kappa shape index (κ1) is 18.4. The lowest BCUT2D eigenvalue weighted by atomic mass is 10.1.